The van der Waals surface area contributed by atoms with Gasteiger partial charge in [0, 0.05) is 0 Å². The van der Waals surface area contributed by atoms with Gasteiger partial charge in [-0.25, -0.2) is 4.98 Å². The number of halogens is 2. The Labute approximate surface area is 168 Å². The molecule has 0 aliphatic carbocycles. The topological polar surface area (TPSA) is 127 Å². The van der Waals surface area contributed by atoms with E-state index in [1.54, 1.807) is 0 Å². The zero-order chi connectivity index (χ0) is 19.6. The van der Waals surface area contributed by atoms with E-state index in [9.17, 15) is 4.79 Å². The second-order valence-corrected chi connectivity index (χ2v) is 10.8. The molecule has 14 heteroatoms. The Morgan fingerprint density at radius 1 is 1.56 bits per heavy atom. The van der Waals surface area contributed by atoms with Crippen molar-refractivity contribution in [1.29, 1.82) is 0 Å². The summed E-state index contributed by atoms with van der Waals surface area (Å²) in [5.74, 6) is -0.0696. The first-order chi connectivity index (χ1) is 12.6. The third-order valence-electron chi connectivity index (χ3n) is 4.03. The minimum absolute atomic E-state index is 0.0696. The number of anilines is 1. The molecule has 0 saturated carbocycles. The zero-order valence-corrected chi connectivity index (χ0v) is 17.4. The molecule has 2 aliphatic heterocycles. The Bertz CT molecular complexity index is 997. The average Bonchev–Trinajstić information content (AvgIpc) is 3.05. The highest BCUT2D eigenvalue weighted by molar-refractivity contribution is 8.07. The van der Waals surface area contributed by atoms with Crippen LogP contribution in [0.15, 0.2) is 11.1 Å². The number of H-pyrrole nitrogens is 1. The van der Waals surface area contributed by atoms with Crippen LogP contribution in [-0.4, -0.2) is 48.8 Å². The van der Waals surface area contributed by atoms with Crippen LogP contribution in [-0.2, 0) is 30.1 Å². The zero-order valence-electron chi connectivity index (χ0n) is 14.2. The third-order valence-corrected chi connectivity index (χ3v) is 7.30. The van der Waals surface area contributed by atoms with Gasteiger partial charge in [-0.2, -0.15) is 4.98 Å². The lowest BCUT2D eigenvalue weighted by Crippen LogP contribution is -2.42. The van der Waals surface area contributed by atoms with Gasteiger partial charge in [0.05, 0.1) is 19.0 Å². The maximum absolute atomic E-state index is 12.0. The molecule has 2 fully saturated rings. The van der Waals surface area contributed by atoms with Crippen LogP contribution in [0.1, 0.15) is 20.1 Å². The number of fused-ring (bicyclic) bond motifs is 2. The van der Waals surface area contributed by atoms with Gasteiger partial charge in [-0.1, -0.05) is 23.2 Å². The molecule has 4 rings (SSSR count). The van der Waals surface area contributed by atoms with Crippen LogP contribution >= 0.6 is 29.9 Å². The van der Waals surface area contributed by atoms with Crippen molar-refractivity contribution in [2.24, 2.45) is 0 Å². The maximum Gasteiger partial charge on any atom is 0.327 e. The lowest BCUT2D eigenvalue weighted by molar-refractivity contribution is -0.0632. The molecule has 4 heterocycles. The summed E-state index contributed by atoms with van der Waals surface area (Å²) in [7, 11) is 0. The van der Waals surface area contributed by atoms with Gasteiger partial charge < -0.3 is 19.5 Å². The van der Waals surface area contributed by atoms with Crippen LogP contribution in [0.5, 0.6) is 0 Å². The first-order valence-corrected chi connectivity index (χ1v) is 11.3. The monoisotopic (exact) mass is 455 g/mol. The number of hydrogen-bond acceptors (Lipinski definition) is 9. The van der Waals surface area contributed by atoms with Crippen LogP contribution in [0, 0.1) is 0 Å². The van der Waals surface area contributed by atoms with Gasteiger partial charge in [0.25, 0.3) is 5.56 Å². The largest absolute Gasteiger partial charge is 0.369 e. The Kier molecular flexibility index (Phi) is 4.80. The van der Waals surface area contributed by atoms with Crippen LogP contribution in [0.25, 0.3) is 11.2 Å². The molecule has 2 saturated heterocycles. The standard InChI is InChI=1S/C13H16Cl2N5O5PS/c1-5(2)24-26(27)22-3-6-8(25-26)13(14,15)11(23-6)20-4-17-7-9(20)18-12(16)19-10(7)21/h4-6,8,11H,3H2,1-2H3,(H3,16,18,19,21)/t6-,8-,11-,26?/m1/s1. The van der Waals surface area contributed by atoms with E-state index in [4.69, 9.17) is 59.1 Å². The predicted molar refractivity (Wildman–Crippen MR) is 102 cm³/mol. The number of imidazole rings is 1. The number of nitrogen functional groups attached to an aromatic ring is 1. The SMILES string of the molecule is CC(C)OP1(=S)OC[C@H]2O[C@@H](n3cnc4c(=O)[nH]c(N)nc43)C(Cl)(Cl)[C@@H]2O1. The molecular formula is C13H16Cl2N5O5PS. The van der Waals surface area contributed by atoms with Crippen LogP contribution < -0.4 is 11.3 Å². The number of alkyl halides is 2. The minimum atomic E-state index is -3.02. The number of hydrogen-bond donors (Lipinski definition) is 2. The van der Waals surface area contributed by atoms with E-state index < -0.39 is 35.0 Å². The molecule has 27 heavy (non-hydrogen) atoms. The number of nitrogens with one attached hydrogen (secondary N) is 1. The number of aromatic amines is 1. The number of aromatic nitrogens is 4. The Morgan fingerprint density at radius 2 is 2.30 bits per heavy atom. The van der Waals surface area contributed by atoms with E-state index in [1.165, 1.54) is 10.9 Å². The van der Waals surface area contributed by atoms with Crippen molar-refractivity contribution < 1.29 is 18.3 Å². The predicted octanol–water partition coefficient (Wildman–Crippen LogP) is 1.84. The molecule has 148 valence electrons. The van der Waals surface area contributed by atoms with Crippen LogP contribution in [0.4, 0.5) is 5.95 Å². The summed E-state index contributed by atoms with van der Waals surface area (Å²) < 4.78 is 22.9. The fourth-order valence-corrected chi connectivity index (χ4v) is 6.38. The Hall–Kier alpha value is -0.780. The summed E-state index contributed by atoms with van der Waals surface area (Å²) >= 11 is 18.6. The van der Waals surface area contributed by atoms with E-state index in [0.717, 1.165) is 0 Å². The molecule has 10 nitrogen and oxygen atoms in total. The fourth-order valence-electron chi connectivity index (χ4n) is 2.99. The van der Waals surface area contributed by atoms with Gasteiger partial charge in [-0.3, -0.25) is 18.9 Å². The summed E-state index contributed by atoms with van der Waals surface area (Å²) in [4.78, 5) is 22.5. The Morgan fingerprint density at radius 3 is 3.00 bits per heavy atom. The highest BCUT2D eigenvalue weighted by Gasteiger charge is 2.61. The molecule has 0 aromatic carbocycles. The highest BCUT2D eigenvalue weighted by atomic mass is 35.5. The second kappa shape index (κ2) is 6.64. The van der Waals surface area contributed by atoms with E-state index in [1.807, 2.05) is 13.8 Å². The first kappa shape index (κ1) is 19.5. The van der Waals surface area contributed by atoms with Crippen molar-refractivity contribution in [3.05, 3.63) is 16.7 Å². The van der Waals surface area contributed by atoms with Crippen molar-refractivity contribution in [3.8, 4) is 0 Å². The normalized spacial score (nSPS) is 32.9. The Balaban J connectivity index is 1.71. The molecule has 2 aliphatic rings. The van der Waals surface area contributed by atoms with Crippen molar-refractivity contribution in [2.45, 2.75) is 42.7 Å². The van der Waals surface area contributed by atoms with Crippen molar-refractivity contribution in [3.63, 3.8) is 0 Å². The third kappa shape index (κ3) is 3.30. The number of ether oxygens (including phenoxy) is 1. The minimum Gasteiger partial charge on any atom is -0.369 e. The lowest BCUT2D eigenvalue weighted by atomic mass is 10.2. The highest BCUT2D eigenvalue weighted by Crippen LogP contribution is 2.62. The summed E-state index contributed by atoms with van der Waals surface area (Å²) in [6.45, 7) is 0.729. The van der Waals surface area contributed by atoms with Crippen molar-refractivity contribution >= 4 is 58.8 Å². The summed E-state index contributed by atoms with van der Waals surface area (Å²) in [6.07, 6.45) is -1.19. The summed E-state index contributed by atoms with van der Waals surface area (Å²) in [6, 6.07) is 0. The van der Waals surface area contributed by atoms with Gasteiger partial charge in [0.2, 0.25) is 5.95 Å². The second-order valence-electron chi connectivity index (χ2n) is 6.40. The van der Waals surface area contributed by atoms with E-state index in [0.29, 0.717) is 0 Å². The first-order valence-electron chi connectivity index (χ1n) is 7.98. The molecule has 0 spiro atoms. The van der Waals surface area contributed by atoms with Gasteiger partial charge in [0.15, 0.2) is 21.7 Å². The van der Waals surface area contributed by atoms with E-state index in [-0.39, 0.29) is 29.8 Å². The molecule has 3 N–H and O–H groups in total. The van der Waals surface area contributed by atoms with Crippen LogP contribution in [0.3, 0.4) is 0 Å². The van der Waals surface area contributed by atoms with Crippen molar-refractivity contribution in [1.82, 2.24) is 19.5 Å². The smallest absolute Gasteiger partial charge is 0.327 e. The lowest BCUT2D eigenvalue weighted by Gasteiger charge is -2.36. The fraction of sp³-hybridized carbons (Fsp3) is 0.615. The van der Waals surface area contributed by atoms with Gasteiger partial charge in [-0.05, 0) is 25.7 Å². The van der Waals surface area contributed by atoms with E-state index in [2.05, 4.69) is 15.0 Å². The summed E-state index contributed by atoms with van der Waals surface area (Å²) in [5, 5.41) is 0. The molecule has 4 atom stereocenters. The molecule has 2 aromatic rings. The summed E-state index contributed by atoms with van der Waals surface area (Å²) in [5.41, 5.74) is 5.41. The number of rotatable bonds is 3. The molecular weight excluding hydrogens is 440 g/mol. The quantitative estimate of drug-likeness (QED) is 0.526. The van der Waals surface area contributed by atoms with Gasteiger partial charge in [-0.15, -0.1) is 0 Å². The number of nitrogens with two attached hydrogens (primary N) is 1. The van der Waals surface area contributed by atoms with E-state index >= 15 is 0 Å². The molecule has 2 aromatic heterocycles. The van der Waals surface area contributed by atoms with Crippen molar-refractivity contribution in [2.75, 3.05) is 12.3 Å². The number of nitrogens with zero attached hydrogens (tertiary/aromatic N) is 3. The van der Waals surface area contributed by atoms with Gasteiger partial charge in [0.1, 0.15) is 12.2 Å². The van der Waals surface area contributed by atoms with Crippen LogP contribution in [0.2, 0.25) is 0 Å². The van der Waals surface area contributed by atoms with Gasteiger partial charge >= 0.3 is 6.72 Å². The average molecular weight is 456 g/mol. The molecule has 0 amide bonds. The maximum atomic E-state index is 12.0. The molecule has 0 radical (unpaired) electrons. The molecule has 0 bridgehead atoms. The molecule has 1 unspecified atom stereocenters.